The van der Waals surface area contributed by atoms with Crippen molar-refractivity contribution in [3.05, 3.63) is 59.7 Å². The van der Waals surface area contributed by atoms with Crippen molar-refractivity contribution in [3.63, 3.8) is 0 Å². The molecule has 0 bridgehead atoms. The molecular formula is C24H32N3O3S+. The number of thiol groups is 1. The summed E-state index contributed by atoms with van der Waals surface area (Å²) >= 11 is 4.32. The van der Waals surface area contributed by atoms with Gasteiger partial charge in [0.25, 0.3) is 6.26 Å². The molecule has 0 saturated heterocycles. The van der Waals surface area contributed by atoms with Crippen molar-refractivity contribution in [1.82, 2.24) is 0 Å². The molecule has 166 valence electrons. The first-order chi connectivity index (χ1) is 15.0. The lowest BCUT2D eigenvalue weighted by atomic mass is 10.0. The Kier molecular flexibility index (Phi) is 10.2. The van der Waals surface area contributed by atoms with Crippen molar-refractivity contribution < 1.29 is 18.8 Å². The van der Waals surface area contributed by atoms with Gasteiger partial charge in [-0.3, -0.25) is 5.32 Å². The monoisotopic (exact) mass is 442 g/mol. The number of nitrogens with one attached hydrogen (secondary N) is 1. The van der Waals surface area contributed by atoms with Crippen LogP contribution in [0, 0.1) is 11.5 Å². The highest BCUT2D eigenvalue weighted by Gasteiger charge is 2.22. The summed E-state index contributed by atoms with van der Waals surface area (Å²) in [5, 5.41) is 11.3. The molecule has 0 heterocycles. The van der Waals surface area contributed by atoms with Crippen LogP contribution < -0.4 is 10.1 Å². The number of anilines is 1. The van der Waals surface area contributed by atoms with Crippen molar-refractivity contribution in [3.8, 4) is 12.0 Å². The van der Waals surface area contributed by atoms with E-state index in [1.165, 1.54) is 0 Å². The van der Waals surface area contributed by atoms with Crippen LogP contribution in [0.2, 0.25) is 0 Å². The van der Waals surface area contributed by atoms with Crippen LogP contribution in [0.25, 0.3) is 0 Å². The molecule has 2 aromatic carbocycles. The molecule has 0 atom stereocenters. The Hall–Kier alpha value is -2.69. The smallest absolute Gasteiger partial charge is 0.411 e. The lowest BCUT2D eigenvalue weighted by Gasteiger charge is -2.36. The van der Waals surface area contributed by atoms with Crippen LogP contribution in [0.3, 0.4) is 0 Å². The Morgan fingerprint density at radius 1 is 1.03 bits per heavy atom. The quantitative estimate of drug-likeness (QED) is 0.280. The predicted molar refractivity (Wildman–Crippen MR) is 126 cm³/mol. The van der Waals surface area contributed by atoms with E-state index in [0.29, 0.717) is 18.0 Å². The van der Waals surface area contributed by atoms with Crippen LogP contribution in [0.1, 0.15) is 31.4 Å². The number of carbonyl (C=O) groups excluding carboxylic acids is 1. The Bertz CT molecular complexity index is 844. The van der Waals surface area contributed by atoms with E-state index in [0.717, 1.165) is 60.4 Å². The zero-order valence-electron chi connectivity index (χ0n) is 18.3. The molecule has 1 amide bonds. The number of ether oxygens (including phenoxy) is 2. The van der Waals surface area contributed by atoms with Crippen molar-refractivity contribution in [2.45, 2.75) is 26.7 Å². The van der Waals surface area contributed by atoms with Crippen LogP contribution in [0.5, 0.6) is 5.75 Å². The number of hydrogen-bond donors (Lipinski definition) is 2. The van der Waals surface area contributed by atoms with Crippen molar-refractivity contribution in [2.75, 3.05) is 43.9 Å². The molecule has 2 rings (SSSR count). The molecule has 0 unspecified atom stereocenters. The van der Waals surface area contributed by atoms with Gasteiger partial charge in [0, 0.05) is 12.1 Å². The molecule has 0 aliphatic carbocycles. The van der Waals surface area contributed by atoms with Gasteiger partial charge in [-0.2, -0.15) is 12.6 Å². The summed E-state index contributed by atoms with van der Waals surface area (Å²) in [6.07, 6.45) is 3.03. The fourth-order valence-corrected chi connectivity index (χ4v) is 3.67. The summed E-state index contributed by atoms with van der Waals surface area (Å²) in [6, 6.07) is 15.1. The van der Waals surface area contributed by atoms with Crippen LogP contribution in [-0.2, 0) is 11.2 Å². The molecule has 0 fully saturated rings. The standard InChI is InChI=1S/C24H31N3O3S/c1-3-27(4-2,14-5-17-31)15-16-29-24(28)26-22-10-6-20(7-11-22)18-21-8-12-23(13-9-21)30-19-25/h6-13H,3-5,14-18H2,1-2H3,(H-,26,28,31)/p+1. The topological polar surface area (TPSA) is 71.3 Å². The minimum absolute atomic E-state index is 0.393. The number of likely N-dealkylation sites (N-methyl/N-ethyl adjacent to an activating group) is 1. The minimum Gasteiger partial charge on any atom is -0.443 e. The Balaban J connectivity index is 1.81. The fourth-order valence-electron chi connectivity index (χ4n) is 3.53. The molecule has 2 aromatic rings. The van der Waals surface area contributed by atoms with Gasteiger partial charge >= 0.3 is 6.09 Å². The number of rotatable bonds is 12. The Morgan fingerprint density at radius 2 is 1.65 bits per heavy atom. The first-order valence-electron chi connectivity index (χ1n) is 10.7. The molecule has 0 radical (unpaired) electrons. The third-order valence-corrected chi connectivity index (χ3v) is 5.94. The van der Waals surface area contributed by atoms with E-state index in [4.69, 9.17) is 14.7 Å². The second-order valence-corrected chi connectivity index (χ2v) is 7.92. The van der Waals surface area contributed by atoms with Crippen LogP contribution in [0.15, 0.2) is 48.5 Å². The molecule has 0 aliphatic heterocycles. The first kappa shape index (κ1) is 24.6. The highest BCUT2D eigenvalue weighted by molar-refractivity contribution is 7.80. The number of carbonyl (C=O) groups is 1. The van der Waals surface area contributed by atoms with E-state index >= 15 is 0 Å². The average molecular weight is 443 g/mol. The van der Waals surface area contributed by atoms with E-state index in [2.05, 4.69) is 31.8 Å². The molecule has 6 nitrogen and oxygen atoms in total. The maximum absolute atomic E-state index is 12.2. The Labute approximate surface area is 190 Å². The SMILES string of the molecule is CC[N+](CC)(CCCS)CCOC(=O)Nc1ccc(Cc2ccc(OC#N)cc2)cc1. The maximum atomic E-state index is 12.2. The normalized spacial score (nSPS) is 10.9. The van der Waals surface area contributed by atoms with Gasteiger partial charge in [-0.05, 0) is 61.4 Å². The van der Waals surface area contributed by atoms with Gasteiger partial charge < -0.3 is 14.0 Å². The third-order valence-electron chi connectivity index (χ3n) is 5.63. The Morgan fingerprint density at radius 3 is 2.19 bits per heavy atom. The van der Waals surface area contributed by atoms with Gasteiger partial charge in [-0.15, -0.1) is 5.26 Å². The van der Waals surface area contributed by atoms with E-state index in [-0.39, 0.29) is 0 Å². The second kappa shape index (κ2) is 12.9. The van der Waals surface area contributed by atoms with Crippen molar-refractivity contribution in [1.29, 1.82) is 5.26 Å². The first-order valence-corrected chi connectivity index (χ1v) is 11.3. The zero-order valence-corrected chi connectivity index (χ0v) is 19.2. The summed E-state index contributed by atoms with van der Waals surface area (Å²) in [4.78, 5) is 12.2. The van der Waals surface area contributed by atoms with Gasteiger partial charge in [-0.1, -0.05) is 24.3 Å². The fraction of sp³-hybridized carbons (Fsp3) is 0.417. The van der Waals surface area contributed by atoms with Crippen LogP contribution >= 0.6 is 12.6 Å². The zero-order chi connectivity index (χ0) is 22.5. The largest absolute Gasteiger partial charge is 0.443 e. The summed E-state index contributed by atoms with van der Waals surface area (Å²) in [5.41, 5.74) is 2.93. The number of nitriles is 1. The van der Waals surface area contributed by atoms with Gasteiger partial charge in [0.2, 0.25) is 0 Å². The molecule has 0 spiro atoms. The third kappa shape index (κ3) is 8.16. The highest BCUT2D eigenvalue weighted by Crippen LogP contribution is 2.17. The molecule has 1 N–H and O–H groups in total. The maximum Gasteiger partial charge on any atom is 0.411 e. The number of benzene rings is 2. The van der Waals surface area contributed by atoms with Gasteiger partial charge in [0.1, 0.15) is 18.9 Å². The summed E-state index contributed by atoms with van der Waals surface area (Å²) < 4.78 is 11.1. The summed E-state index contributed by atoms with van der Waals surface area (Å²) in [6.45, 7) is 8.65. The van der Waals surface area contributed by atoms with Crippen molar-refractivity contribution in [2.24, 2.45) is 0 Å². The number of quaternary nitrogens is 1. The molecular weight excluding hydrogens is 410 g/mol. The molecule has 0 aliphatic rings. The summed E-state index contributed by atoms with van der Waals surface area (Å²) in [5.74, 6) is 1.40. The lowest BCUT2D eigenvalue weighted by Crippen LogP contribution is -2.50. The van der Waals surface area contributed by atoms with E-state index in [9.17, 15) is 4.79 Å². The van der Waals surface area contributed by atoms with Crippen LogP contribution in [-0.4, -0.2) is 49.1 Å². The van der Waals surface area contributed by atoms with E-state index < -0.39 is 6.09 Å². The van der Waals surface area contributed by atoms with E-state index in [1.807, 2.05) is 36.4 Å². The van der Waals surface area contributed by atoms with Gasteiger partial charge in [-0.25, -0.2) is 4.79 Å². The number of amides is 1. The minimum atomic E-state index is -0.430. The van der Waals surface area contributed by atoms with Gasteiger partial charge in [0.15, 0.2) is 0 Å². The average Bonchev–Trinajstić information content (AvgIpc) is 2.79. The molecule has 7 heteroatoms. The van der Waals surface area contributed by atoms with Crippen molar-refractivity contribution >= 4 is 24.4 Å². The van der Waals surface area contributed by atoms with Gasteiger partial charge in [0.05, 0.1) is 19.6 Å². The lowest BCUT2D eigenvalue weighted by molar-refractivity contribution is -0.925. The predicted octanol–water partition coefficient (Wildman–Crippen LogP) is 4.86. The van der Waals surface area contributed by atoms with Crippen LogP contribution in [0.4, 0.5) is 10.5 Å². The highest BCUT2D eigenvalue weighted by atomic mass is 32.1. The number of hydrogen-bond acceptors (Lipinski definition) is 5. The molecule has 0 saturated carbocycles. The second-order valence-electron chi connectivity index (χ2n) is 7.47. The molecule has 0 aromatic heterocycles. The summed E-state index contributed by atoms with van der Waals surface area (Å²) in [7, 11) is 0. The molecule has 31 heavy (non-hydrogen) atoms. The number of nitrogens with zero attached hydrogens (tertiary/aromatic N) is 2. The van der Waals surface area contributed by atoms with E-state index in [1.54, 1.807) is 18.4 Å².